The van der Waals surface area contributed by atoms with Crippen molar-refractivity contribution in [3.8, 4) is 22.9 Å². The van der Waals surface area contributed by atoms with Crippen LogP contribution >= 0.6 is 11.3 Å². The molecule has 0 amide bonds. The van der Waals surface area contributed by atoms with Gasteiger partial charge in [-0.1, -0.05) is 37.3 Å². The fourth-order valence-corrected chi connectivity index (χ4v) is 6.10. The van der Waals surface area contributed by atoms with Crippen LogP contribution in [0.5, 0.6) is 5.75 Å². The standard InChI is InChI=1S/C31H27N5O6S/c1-19(30(38)39)16-35-28(37)26-25(27-33-13-15-41-27)20(2)43-29(26)36(31(35)40)17-24(21-6-4-3-5-7-21)42-23-10-8-22(9-11-23)34-14-12-32-18-34/h3-15,18-19,24H,16-17H2,1-2H3,(H,38,39)/t19?,24-/m0/s1. The summed E-state index contributed by atoms with van der Waals surface area (Å²) in [6, 6.07) is 17.0. The van der Waals surface area contributed by atoms with Gasteiger partial charge in [-0.15, -0.1) is 11.3 Å². The highest BCUT2D eigenvalue weighted by Crippen LogP contribution is 2.36. The molecule has 0 saturated heterocycles. The van der Waals surface area contributed by atoms with Crippen LogP contribution in [0, 0.1) is 12.8 Å². The maximum Gasteiger partial charge on any atom is 0.332 e. The Balaban J connectivity index is 1.48. The fraction of sp³-hybridized carbons (Fsp3) is 0.194. The fourth-order valence-electron chi connectivity index (χ4n) is 4.97. The Kier molecular flexibility index (Phi) is 7.51. The van der Waals surface area contributed by atoms with Gasteiger partial charge in [0.15, 0.2) is 0 Å². The molecule has 4 heterocycles. The third kappa shape index (κ3) is 5.40. The average molecular weight is 598 g/mol. The molecule has 0 aliphatic carbocycles. The van der Waals surface area contributed by atoms with Gasteiger partial charge in [-0.3, -0.25) is 18.7 Å². The second-order valence-corrected chi connectivity index (χ2v) is 11.3. The molecule has 6 aromatic rings. The maximum absolute atomic E-state index is 14.0. The number of carboxylic acid groups (broad SMARTS) is 1. The number of benzene rings is 2. The van der Waals surface area contributed by atoms with Gasteiger partial charge in [0.25, 0.3) is 5.56 Å². The summed E-state index contributed by atoms with van der Waals surface area (Å²) in [6.45, 7) is 3.04. The number of carbonyl (C=O) groups is 1. The molecule has 1 unspecified atom stereocenters. The Hall–Kier alpha value is -5.23. The molecule has 1 N–H and O–H groups in total. The molecule has 12 heteroatoms. The molecule has 0 radical (unpaired) electrons. The molecule has 6 rings (SSSR count). The largest absolute Gasteiger partial charge is 0.484 e. The van der Waals surface area contributed by atoms with Crippen molar-refractivity contribution in [1.82, 2.24) is 23.7 Å². The minimum absolute atomic E-state index is 0.0509. The monoisotopic (exact) mass is 597 g/mol. The van der Waals surface area contributed by atoms with Crippen molar-refractivity contribution in [1.29, 1.82) is 0 Å². The van der Waals surface area contributed by atoms with Crippen molar-refractivity contribution < 1.29 is 19.1 Å². The summed E-state index contributed by atoms with van der Waals surface area (Å²) in [6.07, 6.45) is 7.51. The van der Waals surface area contributed by atoms with E-state index in [0.717, 1.165) is 20.7 Å². The molecular formula is C31H27N5O6S. The molecule has 218 valence electrons. The zero-order chi connectivity index (χ0) is 30.1. The van der Waals surface area contributed by atoms with Gasteiger partial charge in [0.1, 0.15) is 22.9 Å². The number of aromatic nitrogens is 5. The van der Waals surface area contributed by atoms with Crippen LogP contribution in [0.2, 0.25) is 0 Å². The third-order valence-corrected chi connectivity index (χ3v) is 8.32. The summed E-state index contributed by atoms with van der Waals surface area (Å²) < 4.78 is 16.4. The van der Waals surface area contributed by atoms with E-state index in [2.05, 4.69) is 9.97 Å². The Morgan fingerprint density at radius 3 is 2.47 bits per heavy atom. The highest BCUT2D eigenvalue weighted by atomic mass is 32.1. The Morgan fingerprint density at radius 1 is 1.05 bits per heavy atom. The average Bonchev–Trinajstić information content (AvgIpc) is 3.79. The molecule has 0 saturated carbocycles. The van der Waals surface area contributed by atoms with Crippen LogP contribution in [-0.2, 0) is 17.9 Å². The Labute approximate surface area is 248 Å². The minimum atomic E-state index is -1.11. The molecule has 11 nitrogen and oxygen atoms in total. The van der Waals surface area contributed by atoms with E-state index in [9.17, 15) is 19.5 Å². The molecule has 2 aromatic carbocycles. The quantitative estimate of drug-likeness (QED) is 0.235. The summed E-state index contributed by atoms with van der Waals surface area (Å²) in [7, 11) is 0. The molecule has 2 atom stereocenters. The van der Waals surface area contributed by atoms with E-state index in [4.69, 9.17) is 9.15 Å². The van der Waals surface area contributed by atoms with Crippen LogP contribution in [0.3, 0.4) is 0 Å². The molecule has 0 aliphatic rings. The number of aliphatic carboxylic acids is 1. The number of ether oxygens (including phenoxy) is 1. The summed E-state index contributed by atoms with van der Waals surface area (Å²) in [4.78, 5) is 49.1. The normalized spacial score (nSPS) is 12.8. The van der Waals surface area contributed by atoms with Gasteiger partial charge in [0, 0.05) is 29.5 Å². The van der Waals surface area contributed by atoms with E-state index < -0.39 is 29.2 Å². The van der Waals surface area contributed by atoms with Gasteiger partial charge >= 0.3 is 11.7 Å². The topological polar surface area (TPSA) is 134 Å². The number of oxazole rings is 1. The molecular weight excluding hydrogens is 570 g/mol. The van der Waals surface area contributed by atoms with Crippen LogP contribution in [0.15, 0.2) is 99.8 Å². The highest BCUT2D eigenvalue weighted by molar-refractivity contribution is 7.19. The molecule has 0 aliphatic heterocycles. The zero-order valence-corrected chi connectivity index (χ0v) is 24.1. The first-order chi connectivity index (χ1) is 20.8. The summed E-state index contributed by atoms with van der Waals surface area (Å²) >= 11 is 1.28. The van der Waals surface area contributed by atoms with Gasteiger partial charge < -0.3 is 18.8 Å². The number of thiophene rings is 1. The van der Waals surface area contributed by atoms with Gasteiger partial charge in [-0.25, -0.2) is 14.8 Å². The molecule has 43 heavy (non-hydrogen) atoms. The molecule has 0 spiro atoms. The second-order valence-electron chi connectivity index (χ2n) is 10.1. The van der Waals surface area contributed by atoms with E-state index in [1.54, 1.807) is 12.5 Å². The number of aryl methyl sites for hydroxylation is 1. The summed E-state index contributed by atoms with van der Waals surface area (Å²) in [5, 5.41) is 9.83. The van der Waals surface area contributed by atoms with Gasteiger partial charge in [-0.2, -0.15) is 0 Å². The van der Waals surface area contributed by atoms with E-state index in [1.165, 1.54) is 35.3 Å². The lowest BCUT2D eigenvalue weighted by Crippen LogP contribution is -2.42. The third-order valence-electron chi connectivity index (χ3n) is 7.19. The van der Waals surface area contributed by atoms with Crippen molar-refractivity contribution in [3.05, 3.63) is 117 Å². The van der Waals surface area contributed by atoms with E-state index in [1.807, 2.05) is 72.3 Å². The van der Waals surface area contributed by atoms with E-state index >= 15 is 0 Å². The SMILES string of the molecule is Cc1sc2c(c1-c1ncco1)c(=O)n(CC(C)C(=O)O)c(=O)n2C[C@H](Oc1ccc(-n2ccnc2)cc1)c1ccccc1. The van der Waals surface area contributed by atoms with Crippen molar-refractivity contribution in [2.45, 2.75) is 33.0 Å². The molecule has 0 fully saturated rings. The van der Waals surface area contributed by atoms with Crippen molar-refractivity contribution in [2.24, 2.45) is 5.92 Å². The number of hydrogen-bond donors (Lipinski definition) is 1. The number of fused-ring (bicyclic) bond motifs is 1. The number of rotatable bonds is 10. The van der Waals surface area contributed by atoms with Crippen LogP contribution < -0.4 is 16.0 Å². The predicted molar refractivity (Wildman–Crippen MR) is 161 cm³/mol. The number of nitrogens with zero attached hydrogens (tertiary/aromatic N) is 5. The van der Waals surface area contributed by atoms with Gasteiger partial charge in [0.05, 0.1) is 35.9 Å². The maximum atomic E-state index is 14.0. The first kappa shape index (κ1) is 27.9. The number of hydrogen-bond acceptors (Lipinski definition) is 8. The summed E-state index contributed by atoms with van der Waals surface area (Å²) in [5.74, 6) is -1.26. The molecule has 0 bridgehead atoms. The Bertz CT molecular complexity index is 1990. The zero-order valence-electron chi connectivity index (χ0n) is 23.3. The van der Waals surface area contributed by atoms with E-state index in [-0.39, 0.29) is 24.4 Å². The lowest BCUT2D eigenvalue weighted by molar-refractivity contribution is -0.141. The van der Waals surface area contributed by atoms with Gasteiger partial charge in [0.2, 0.25) is 5.89 Å². The highest BCUT2D eigenvalue weighted by Gasteiger charge is 2.27. The Morgan fingerprint density at radius 2 is 1.81 bits per heavy atom. The van der Waals surface area contributed by atoms with Crippen LogP contribution in [-0.4, -0.2) is 34.7 Å². The lowest BCUT2D eigenvalue weighted by atomic mass is 10.1. The summed E-state index contributed by atoms with van der Waals surface area (Å²) in [5.41, 5.74) is 0.999. The van der Waals surface area contributed by atoms with Gasteiger partial charge in [-0.05, 0) is 36.8 Å². The molecule has 4 aromatic heterocycles. The van der Waals surface area contributed by atoms with Crippen LogP contribution in [0.4, 0.5) is 0 Å². The number of imidazole rings is 1. The van der Waals surface area contributed by atoms with Crippen LogP contribution in [0.1, 0.15) is 23.5 Å². The lowest BCUT2D eigenvalue weighted by Gasteiger charge is -2.22. The number of carboxylic acids is 1. The minimum Gasteiger partial charge on any atom is -0.484 e. The smallest absolute Gasteiger partial charge is 0.332 e. The first-order valence-corrected chi connectivity index (χ1v) is 14.3. The van der Waals surface area contributed by atoms with Crippen LogP contribution in [0.25, 0.3) is 27.4 Å². The van der Waals surface area contributed by atoms with E-state index in [0.29, 0.717) is 16.1 Å². The second kappa shape index (κ2) is 11.6. The van der Waals surface area contributed by atoms with Crippen molar-refractivity contribution in [2.75, 3.05) is 0 Å². The van der Waals surface area contributed by atoms with Crippen molar-refractivity contribution >= 4 is 27.5 Å². The predicted octanol–water partition coefficient (Wildman–Crippen LogP) is 4.91. The first-order valence-electron chi connectivity index (χ1n) is 13.5. The van der Waals surface area contributed by atoms with Crippen molar-refractivity contribution in [3.63, 3.8) is 0 Å².